The third kappa shape index (κ3) is 2.01. The molecule has 3 aliphatic heterocycles. The van der Waals surface area contributed by atoms with E-state index >= 15 is 0 Å². The van der Waals surface area contributed by atoms with E-state index in [4.69, 9.17) is 10.5 Å². The summed E-state index contributed by atoms with van der Waals surface area (Å²) in [5.74, 6) is 0.332. The van der Waals surface area contributed by atoms with Gasteiger partial charge in [0.2, 0.25) is 0 Å². The quantitative estimate of drug-likeness (QED) is 0.919. The number of halogens is 1. The Bertz CT molecular complexity index is 866. The van der Waals surface area contributed by atoms with Gasteiger partial charge in [-0.15, -0.1) is 0 Å². The zero-order chi connectivity index (χ0) is 16.8. The van der Waals surface area contributed by atoms with Crippen LogP contribution in [0.15, 0.2) is 18.2 Å². The van der Waals surface area contributed by atoms with Gasteiger partial charge in [-0.2, -0.15) is 5.26 Å². The fourth-order valence-corrected chi connectivity index (χ4v) is 3.80. The van der Waals surface area contributed by atoms with E-state index in [1.807, 2.05) is 0 Å². The van der Waals surface area contributed by atoms with Gasteiger partial charge in [0.15, 0.2) is 11.6 Å². The van der Waals surface area contributed by atoms with Crippen molar-refractivity contribution < 1.29 is 9.13 Å². The molecular weight excluding hydrogens is 307 g/mol. The molecule has 1 aromatic heterocycles. The van der Waals surface area contributed by atoms with Crippen LogP contribution in [0.25, 0.3) is 11.1 Å². The first-order valence-corrected chi connectivity index (χ1v) is 7.96. The standard InChI is InChI=1S/C18H17FN4O/c1-24-14-8-11(2-3-13(14)19)15-12(9-20)18(21)22-16-10-4-6-23(7-5-10)17(15)16/h2-3,8,10H,4-7H2,1H3,(H2,21,22). The lowest BCUT2D eigenvalue weighted by Crippen LogP contribution is -2.40. The van der Waals surface area contributed by atoms with Crippen molar-refractivity contribution in [3.63, 3.8) is 0 Å². The molecule has 0 saturated carbocycles. The van der Waals surface area contributed by atoms with Crippen molar-refractivity contribution in [2.75, 3.05) is 30.8 Å². The number of aromatic nitrogens is 1. The molecule has 5 nitrogen and oxygen atoms in total. The van der Waals surface area contributed by atoms with Crippen molar-refractivity contribution in [3.8, 4) is 22.9 Å². The average molecular weight is 324 g/mol. The summed E-state index contributed by atoms with van der Waals surface area (Å²) in [6.45, 7) is 1.89. The van der Waals surface area contributed by atoms with Gasteiger partial charge in [0.05, 0.1) is 18.5 Å². The van der Waals surface area contributed by atoms with Gasteiger partial charge in [-0.05, 0) is 30.5 Å². The Kier molecular flexibility index (Phi) is 3.31. The largest absolute Gasteiger partial charge is 0.494 e. The van der Waals surface area contributed by atoms with Crippen molar-refractivity contribution in [3.05, 3.63) is 35.3 Å². The number of piperidine rings is 1. The fourth-order valence-electron chi connectivity index (χ4n) is 3.80. The number of benzene rings is 1. The van der Waals surface area contributed by atoms with E-state index in [1.54, 1.807) is 12.1 Å². The highest BCUT2D eigenvalue weighted by Gasteiger charge is 2.36. The van der Waals surface area contributed by atoms with Gasteiger partial charge in [0.1, 0.15) is 17.5 Å². The predicted octanol–water partition coefficient (Wildman–Crippen LogP) is 3.05. The van der Waals surface area contributed by atoms with Gasteiger partial charge in [-0.25, -0.2) is 9.37 Å². The van der Waals surface area contributed by atoms with Crippen LogP contribution in [-0.2, 0) is 0 Å². The third-order valence-corrected chi connectivity index (χ3v) is 4.98. The molecule has 6 heteroatoms. The van der Waals surface area contributed by atoms with E-state index in [-0.39, 0.29) is 11.6 Å². The van der Waals surface area contributed by atoms with Crippen molar-refractivity contribution in [2.45, 2.75) is 18.8 Å². The Labute approximate surface area is 139 Å². The summed E-state index contributed by atoms with van der Waals surface area (Å²) >= 11 is 0. The first-order chi connectivity index (χ1) is 11.6. The maximum absolute atomic E-state index is 13.8. The first kappa shape index (κ1) is 14.8. The van der Waals surface area contributed by atoms with Gasteiger partial charge in [0, 0.05) is 24.6 Å². The van der Waals surface area contributed by atoms with Crippen LogP contribution in [0.1, 0.15) is 30.0 Å². The van der Waals surface area contributed by atoms with E-state index in [0.717, 1.165) is 48.4 Å². The molecule has 0 unspecified atom stereocenters. The van der Waals surface area contributed by atoms with Crippen molar-refractivity contribution in [1.82, 2.24) is 4.98 Å². The Morgan fingerprint density at radius 1 is 1.38 bits per heavy atom. The minimum atomic E-state index is -0.433. The van der Waals surface area contributed by atoms with E-state index in [0.29, 0.717) is 11.5 Å². The monoisotopic (exact) mass is 324 g/mol. The molecule has 4 heterocycles. The molecule has 1 aromatic carbocycles. The number of nitrogens with two attached hydrogens (primary N) is 1. The van der Waals surface area contributed by atoms with Crippen molar-refractivity contribution in [1.29, 1.82) is 5.26 Å². The number of hydrogen-bond acceptors (Lipinski definition) is 5. The fraction of sp³-hybridized carbons (Fsp3) is 0.333. The molecule has 3 aliphatic rings. The second kappa shape index (κ2) is 5.38. The van der Waals surface area contributed by atoms with Crippen LogP contribution in [0.5, 0.6) is 5.75 Å². The number of pyridine rings is 1. The van der Waals surface area contributed by atoms with Crippen LogP contribution in [0, 0.1) is 17.1 Å². The summed E-state index contributed by atoms with van der Waals surface area (Å²) in [6.07, 6.45) is 2.11. The molecule has 2 N–H and O–H groups in total. The van der Waals surface area contributed by atoms with Crippen LogP contribution >= 0.6 is 0 Å². The highest BCUT2D eigenvalue weighted by atomic mass is 19.1. The maximum atomic E-state index is 13.8. The highest BCUT2D eigenvalue weighted by Crippen LogP contribution is 2.48. The molecule has 24 heavy (non-hydrogen) atoms. The van der Waals surface area contributed by atoms with Gasteiger partial charge in [-0.3, -0.25) is 0 Å². The summed E-state index contributed by atoms with van der Waals surface area (Å²) in [4.78, 5) is 6.78. The molecule has 2 bridgehead atoms. The SMILES string of the molecule is COc1cc(-c2c(C#N)c(N)nc3c2N2CCC3CC2)ccc1F. The number of ether oxygens (including phenoxy) is 1. The van der Waals surface area contributed by atoms with Crippen LogP contribution in [-0.4, -0.2) is 25.2 Å². The van der Waals surface area contributed by atoms with E-state index in [9.17, 15) is 9.65 Å². The number of nitrogen functional groups attached to an aromatic ring is 1. The van der Waals surface area contributed by atoms with Crippen molar-refractivity contribution in [2.24, 2.45) is 0 Å². The second-order valence-electron chi connectivity index (χ2n) is 6.20. The molecule has 1 saturated heterocycles. The number of nitrogens with zero attached hydrogens (tertiary/aromatic N) is 3. The third-order valence-electron chi connectivity index (χ3n) is 4.98. The van der Waals surface area contributed by atoms with Crippen LogP contribution < -0.4 is 15.4 Å². The molecule has 0 aliphatic carbocycles. The number of nitriles is 1. The normalized spacial score (nSPS) is 16.0. The average Bonchev–Trinajstić information content (AvgIpc) is 2.62. The summed E-state index contributed by atoms with van der Waals surface area (Å²) in [6, 6.07) is 6.81. The number of hydrogen-bond donors (Lipinski definition) is 1. The number of anilines is 2. The zero-order valence-electron chi connectivity index (χ0n) is 13.3. The van der Waals surface area contributed by atoms with Crippen molar-refractivity contribution >= 4 is 11.5 Å². The lowest BCUT2D eigenvalue weighted by molar-refractivity contribution is 0.387. The van der Waals surface area contributed by atoms with E-state index < -0.39 is 5.82 Å². The van der Waals surface area contributed by atoms with Gasteiger partial charge in [0.25, 0.3) is 0 Å². The van der Waals surface area contributed by atoms with Crippen LogP contribution in [0.3, 0.4) is 0 Å². The Morgan fingerprint density at radius 2 is 2.12 bits per heavy atom. The topological polar surface area (TPSA) is 75.2 Å². The summed E-state index contributed by atoms with van der Waals surface area (Å²) in [5.41, 5.74) is 9.80. The Morgan fingerprint density at radius 3 is 2.79 bits per heavy atom. The highest BCUT2D eigenvalue weighted by molar-refractivity contribution is 5.89. The van der Waals surface area contributed by atoms with Gasteiger partial charge >= 0.3 is 0 Å². The van der Waals surface area contributed by atoms with Crippen LogP contribution in [0.2, 0.25) is 0 Å². The number of methoxy groups -OCH3 is 1. The smallest absolute Gasteiger partial charge is 0.165 e. The number of fused-ring (bicyclic) bond motifs is 2. The molecular formula is C18H17FN4O. The molecule has 2 aromatic rings. The molecule has 0 spiro atoms. The summed E-state index contributed by atoms with van der Waals surface area (Å²) < 4.78 is 18.9. The first-order valence-electron chi connectivity index (χ1n) is 7.96. The Balaban J connectivity index is 2.03. The summed E-state index contributed by atoms with van der Waals surface area (Å²) in [5, 5.41) is 9.62. The zero-order valence-corrected chi connectivity index (χ0v) is 13.3. The molecule has 0 atom stereocenters. The van der Waals surface area contributed by atoms with Crippen LogP contribution in [0.4, 0.5) is 15.9 Å². The molecule has 1 fully saturated rings. The molecule has 0 amide bonds. The van der Waals surface area contributed by atoms with Gasteiger partial charge < -0.3 is 15.4 Å². The second-order valence-corrected chi connectivity index (χ2v) is 6.20. The number of rotatable bonds is 2. The predicted molar refractivity (Wildman–Crippen MR) is 89.5 cm³/mol. The summed E-state index contributed by atoms with van der Waals surface area (Å²) in [7, 11) is 1.43. The molecule has 122 valence electrons. The lowest BCUT2D eigenvalue weighted by atomic mass is 9.83. The van der Waals surface area contributed by atoms with Gasteiger partial charge in [-0.1, -0.05) is 6.07 Å². The minimum absolute atomic E-state index is 0.150. The van der Waals surface area contributed by atoms with E-state index in [1.165, 1.54) is 13.2 Å². The minimum Gasteiger partial charge on any atom is -0.494 e. The lowest BCUT2D eigenvalue weighted by Gasteiger charge is -2.42. The molecule has 0 radical (unpaired) electrons. The maximum Gasteiger partial charge on any atom is 0.165 e. The molecule has 5 rings (SSSR count). The van der Waals surface area contributed by atoms with E-state index in [2.05, 4.69) is 16.0 Å². The Hall–Kier alpha value is -2.81.